The minimum Gasteiger partial charge on any atom is -0.511 e. The normalized spacial score (nSPS) is 27.6. The maximum absolute atomic E-state index is 14.7. The molecule has 3 aliphatic carbocycles. The lowest BCUT2D eigenvalue weighted by molar-refractivity contribution is -0.171. The number of Topliss-reactive ketones (excluding diaryl/α,β-unsaturated/α-hetero) is 3. The molecule has 3 aliphatic rings. The third-order valence-electron chi connectivity index (χ3n) is 11.7. The predicted molar refractivity (Wildman–Crippen MR) is 185 cm³/mol. The van der Waals surface area contributed by atoms with Crippen LogP contribution in [0.3, 0.4) is 0 Å². The molecule has 0 aliphatic heterocycles. The van der Waals surface area contributed by atoms with E-state index in [-0.39, 0.29) is 40.9 Å². The monoisotopic (exact) mass is 650 g/mol. The number of fused-ring (bicyclic) bond motifs is 3. The highest BCUT2D eigenvalue weighted by Crippen LogP contribution is 2.65. The summed E-state index contributed by atoms with van der Waals surface area (Å²) in [4.78, 5) is 41.4. The lowest BCUT2D eigenvalue weighted by atomic mass is 9.44. The fourth-order valence-electron chi connectivity index (χ4n) is 9.58. The average Bonchev–Trinajstić information content (AvgIpc) is 2.95. The summed E-state index contributed by atoms with van der Waals surface area (Å²) in [7, 11) is 0. The van der Waals surface area contributed by atoms with E-state index in [2.05, 4.69) is 33.8 Å². The van der Waals surface area contributed by atoms with Crippen molar-refractivity contribution >= 4 is 17.3 Å². The van der Waals surface area contributed by atoms with Crippen LogP contribution < -0.4 is 0 Å². The summed E-state index contributed by atoms with van der Waals surface area (Å²) in [5.41, 5.74) is -3.08. The van der Waals surface area contributed by atoms with Crippen molar-refractivity contribution in [3.63, 3.8) is 0 Å². The molecule has 1 aromatic carbocycles. The van der Waals surface area contributed by atoms with Crippen molar-refractivity contribution in [2.75, 3.05) is 0 Å². The van der Waals surface area contributed by atoms with E-state index in [0.29, 0.717) is 18.8 Å². The van der Waals surface area contributed by atoms with E-state index in [0.717, 1.165) is 75.0 Å². The van der Waals surface area contributed by atoms with Crippen LogP contribution in [0.25, 0.3) is 0 Å². The molecule has 0 radical (unpaired) electrons. The first-order chi connectivity index (χ1) is 21.9. The largest absolute Gasteiger partial charge is 0.511 e. The number of hydrogen-bond acceptors (Lipinski definition) is 7. The number of benzene rings is 1. The number of aliphatic hydroxyl groups excluding tert-OH is 2. The third kappa shape index (κ3) is 5.89. The highest BCUT2D eigenvalue weighted by molar-refractivity contribution is 6.25. The Bertz CT molecular complexity index is 1490. The third-order valence-corrected chi connectivity index (χ3v) is 11.7. The van der Waals surface area contributed by atoms with Crippen LogP contribution in [0.4, 0.5) is 0 Å². The van der Waals surface area contributed by atoms with Crippen LogP contribution in [0.2, 0.25) is 0 Å². The molecule has 1 unspecified atom stereocenters. The number of hydrogen-bond donors (Lipinski definition) is 4. The Labute approximate surface area is 281 Å². The van der Waals surface area contributed by atoms with Gasteiger partial charge >= 0.3 is 0 Å². The van der Waals surface area contributed by atoms with Gasteiger partial charge in [0.15, 0.2) is 17.2 Å². The van der Waals surface area contributed by atoms with Gasteiger partial charge in [-0.25, -0.2) is 0 Å². The molecule has 4 rings (SSSR count). The first-order valence-electron chi connectivity index (χ1n) is 18.0. The number of phenols is 1. The smallest absolute Gasteiger partial charge is 0.209 e. The quantitative estimate of drug-likeness (QED) is 0.124. The Morgan fingerprint density at radius 3 is 2.02 bits per heavy atom. The van der Waals surface area contributed by atoms with Crippen LogP contribution >= 0.6 is 0 Å². The summed E-state index contributed by atoms with van der Waals surface area (Å²) in [6.45, 7) is 16.9. The molecule has 1 aromatic rings. The summed E-state index contributed by atoms with van der Waals surface area (Å²) < 4.78 is 0. The number of rotatable bonds is 13. The number of unbranched alkanes of at least 4 members (excludes halogenated alkanes) is 4. The Balaban J connectivity index is 1.93. The number of phenolic OH excluding ortho intramolecular Hbond substituents is 1. The van der Waals surface area contributed by atoms with Gasteiger partial charge in [-0.2, -0.15) is 0 Å². The maximum atomic E-state index is 14.7. The molecule has 260 valence electrons. The van der Waals surface area contributed by atoms with Crippen molar-refractivity contribution < 1.29 is 34.8 Å². The molecule has 0 heterocycles. The Hall–Kier alpha value is -2.93. The number of carbonyl (C=O) groups is 3. The van der Waals surface area contributed by atoms with Gasteiger partial charge in [0.05, 0.1) is 5.56 Å². The highest BCUT2D eigenvalue weighted by Gasteiger charge is 2.71. The van der Waals surface area contributed by atoms with E-state index >= 15 is 0 Å². The highest BCUT2D eigenvalue weighted by atomic mass is 16.3. The molecular formula is C40H58O7. The van der Waals surface area contributed by atoms with Gasteiger partial charge in [0, 0.05) is 22.3 Å². The topological polar surface area (TPSA) is 132 Å². The second-order valence-electron chi connectivity index (χ2n) is 16.0. The van der Waals surface area contributed by atoms with Crippen LogP contribution in [0.15, 0.2) is 28.7 Å². The van der Waals surface area contributed by atoms with Gasteiger partial charge in [-0.05, 0) is 60.6 Å². The molecule has 0 aromatic heterocycles. The van der Waals surface area contributed by atoms with Gasteiger partial charge in [-0.15, -0.1) is 0 Å². The van der Waals surface area contributed by atoms with Gasteiger partial charge in [0.1, 0.15) is 22.8 Å². The van der Waals surface area contributed by atoms with E-state index < -0.39 is 51.0 Å². The summed E-state index contributed by atoms with van der Waals surface area (Å²) in [5.74, 6) is -4.33. The van der Waals surface area contributed by atoms with Crippen molar-refractivity contribution in [1.82, 2.24) is 0 Å². The number of aliphatic hydroxyl groups is 3. The van der Waals surface area contributed by atoms with Crippen molar-refractivity contribution in [3.05, 3.63) is 51.0 Å². The fraction of sp³-hybridized carbons (Fsp3) is 0.675. The van der Waals surface area contributed by atoms with Crippen molar-refractivity contribution in [3.8, 4) is 5.75 Å². The zero-order chi connectivity index (χ0) is 35.2. The minimum atomic E-state index is -2.60. The number of aromatic hydroxyl groups is 1. The molecule has 0 saturated carbocycles. The van der Waals surface area contributed by atoms with E-state index in [1.807, 2.05) is 20.8 Å². The minimum absolute atomic E-state index is 0.0538. The van der Waals surface area contributed by atoms with Crippen LogP contribution in [0.1, 0.15) is 153 Å². The first kappa shape index (κ1) is 36.9. The molecule has 0 fully saturated rings. The van der Waals surface area contributed by atoms with Crippen LogP contribution in [0.5, 0.6) is 5.75 Å². The first-order valence-corrected chi connectivity index (χ1v) is 18.0. The lowest BCUT2D eigenvalue weighted by Crippen LogP contribution is -2.67. The van der Waals surface area contributed by atoms with E-state index in [1.165, 1.54) is 0 Å². The molecule has 0 spiro atoms. The molecule has 0 saturated heterocycles. The summed E-state index contributed by atoms with van der Waals surface area (Å²) in [6.07, 6.45) is 9.93. The molecule has 0 bridgehead atoms. The molecule has 4 N–H and O–H groups in total. The van der Waals surface area contributed by atoms with Crippen LogP contribution in [0, 0.1) is 28.6 Å². The van der Waals surface area contributed by atoms with Gasteiger partial charge in [0.25, 0.3) is 0 Å². The molecule has 0 amide bonds. The number of carbonyl (C=O) groups excluding carboxylic acids is 3. The zero-order valence-corrected chi connectivity index (χ0v) is 30.2. The molecular weight excluding hydrogens is 592 g/mol. The standard InChI is InChI=1S/C40H58O7/c1-10-12-14-16-25(17-15-13-11-2)18-26-19-27(22(3)4)28-20-38(8)21-39(9)31(23(5)6)34(43)29(24(7)41)36(45)40(39,47)37(46)32(38)35(44)30(28)33(26)42/h19,22-23,25,31,42-43,46-47H,10-18,20-21H2,1-9H3/t31?,38-,39-,40+/m1/s1. The second kappa shape index (κ2) is 13.5. The Morgan fingerprint density at radius 1 is 0.957 bits per heavy atom. The summed E-state index contributed by atoms with van der Waals surface area (Å²) in [6, 6.07) is 2.08. The Morgan fingerprint density at radius 2 is 1.53 bits per heavy atom. The zero-order valence-electron chi connectivity index (χ0n) is 30.2. The van der Waals surface area contributed by atoms with Crippen LogP contribution in [-0.4, -0.2) is 43.4 Å². The van der Waals surface area contributed by atoms with Gasteiger partial charge < -0.3 is 20.4 Å². The molecule has 7 nitrogen and oxygen atoms in total. The molecule has 7 heteroatoms. The van der Waals surface area contributed by atoms with E-state index in [9.17, 15) is 34.8 Å². The SMILES string of the molecule is CCCCCC(CCCCC)Cc1cc(C(C)C)c2c(c1O)C(=O)C1=C(O)[C@@]3(O)C(=O)C(C(C)=O)=C(O)C(C(C)C)[C@@]3(C)C[C@@]1(C)C2. The van der Waals surface area contributed by atoms with Gasteiger partial charge in [-0.3, -0.25) is 14.4 Å². The predicted octanol–water partition coefficient (Wildman–Crippen LogP) is 8.79. The van der Waals surface area contributed by atoms with Gasteiger partial charge in [0.2, 0.25) is 5.78 Å². The maximum Gasteiger partial charge on any atom is 0.209 e. The summed E-state index contributed by atoms with van der Waals surface area (Å²) >= 11 is 0. The van der Waals surface area contributed by atoms with Crippen molar-refractivity contribution in [1.29, 1.82) is 0 Å². The van der Waals surface area contributed by atoms with Gasteiger partial charge in [-0.1, -0.05) is 113 Å². The van der Waals surface area contributed by atoms with E-state index in [1.54, 1.807) is 6.92 Å². The van der Waals surface area contributed by atoms with Crippen LogP contribution in [-0.2, 0) is 22.4 Å². The summed E-state index contributed by atoms with van der Waals surface area (Å²) in [5, 5.41) is 47.7. The average molecular weight is 651 g/mol. The molecule has 47 heavy (non-hydrogen) atoms. The van der Waals surface area contributed by atoms with Crippen molar-refractivity contribution in [2.45, 2.75) is 144 Å². The second-order valence-corrected chi connectivity index (χ2v) is 16.0. The van der Waals surface area contributed by atoms with E-state index in [4.69, 9.17) is 0 Å². The lowest BCUT2D eigenvalue weighted by Gasteiger charge is -2.59. The fourth-order valence-corrected chi connectivity index (χ4v) is 9.58. The Kier molecular flexibility index (Phi) is 10.6. The van der Waals surface area contributed by atoms with Crippen molar-refractivity contribution in [2.24, 2.45) is 28.6 Å². The molecule has 4 atom stereocenters. The number of allylic oxidation sites excluding steroid dienone is 2. The number of ketones is 3.